The molecule has 0 aromatic carbocycles. The van der Waals surface area contributed by atoms with E-state index in [2.05, 4.69) is 0 Å². The summed E-state index contributed by atoms with van der Waals surface area (Å²) in [5.74, 6) is -0.284. The number of piperidine rings is 1. The number of carbonyl (C=O) groups excluding carboxylic acids is 1. The van der Waals surface area contributed by atoms with Crippen molar-refractivity contribution < 1.29 is 19.0 Å². The second-order valence-electron chi connectivity index (χ2n) is 8.07. The van der Waals surface area contributed by atoms with Gasteiger partial charge in [0, 0.05) is 25.9 Å². The average molecular weight is 311 g/mol. The molecule has 2 heterocycles. The van der Waals surface area contributed by atoms with E-state index in [1.54, 1.807) is 0 Å². The van der Waals surface area contributed by atoms with Crippen LogP contribution in [0.5, 0.6) is 0 Å². The van der Waals surface area contributed by atoms with Gasteiger partial charge in [-0.05, 0) is 51.9 Å². The summed E-state index contributed by atoms with van der Waals surface area (Å²) in [6.07, 6.45) is 6.27. The molecular weight excluding hydrogens is 282 g/mol. The number of hydrogen-bond donors (Lipinski definition) is 0. The summed E-state index contributed by atoms with van der Waals surface area (Å²) < 4.78 is 17.1. The Kier molecular flexibility index (Phi) is 4.14. The van der Waals surface area contributed by atoms with Gasteiger partial charge in [-0.25, -0.2) is 4.79 Å². The van der Waals surface area contributed by atoms with Crippen LogP contribution in [-0.4, -0.2) is 48.7 Å². The third-order valence-electron chi connectivity index (χ3n) is 5.36. The van der Waals surface area contributed by atoms with Crippen molar-refractivity contribution in [2.75, 3.05) is 26.3 Å². The van der Waals surface area contributed by atoms with Crippen molar-refractivity contribution in [1.82, 2.24) is 4.90 Å². The van der Waals surface area contributed by atoms with Gasteiger partial charge in [0.25, 0.3) is 0 Å². The monoisotopic (exact) mass is 311 g/mol. The van der Waals surface area contributed by atoms with Gasteiger partial charge >= 0.3 is 6.09 Å². The van der Waals surface area contributed by atoms with Crippen LogP contribution in [0.25, 0.3) is 0 Å². The third-order valence-corrected chi connectivity index (χ3v) is 5.36. The molecule has 22 heavy (non-hydrogen) atoms. The lowest BCUT2D eigenvalue weighted by molar-refractivity contribution is -0.195. The van der Waals surface area contributed by atoms with Crippen LogP contribution in [-0.2, 0) is 14.2 Å². The molecule has 2 aliphatic heterocycles. The first-order chi connectivity index (χ1) is 10.3. The van der Waals surface area contributed by atoms with Gasteiger partial charge in [0.2, 0.25) is 0 Å². The van der Waals surface area contributed by atoms with E-state index in [9.17, 15) is 4.79 Å². The van der Waals surface area contributed by atoms with Gasteiger partial charge in [-0.1, -0.05) is 0 Å². The molecule has 126 valence electrons. The van der Waals surface area contributed by atoms with E-state index in [1.807, 2.05) is 25.7 Å². The maximum Gasteiger partial charge on any atom is 0.410 e. The molecule has 1 saturated carbocycles. The molecule has 0 N–H and O–H groups in total. The minimum atomic E-state index is -0.416. The Morgan fingerprint density at radius 1 is 0.955 bits per heavy atom. The van der Waals surface area contributed by atoms with Crippen LogP contribution in [0, 0.1) is 5.41 Å². The second-order valence-corrected chi connectivity index (χ2v) is 8.07. The molecule has 2 spiro atoms. The second kappa shape index (κ2) is 5.68. The molecule has 3 rings (SSSR count). The Morgan fingerprint density at radius 2 is 1.50 bits per heavy atom. The Balaban J connectivity index is 1.51. The Morgan fingerprint density at radius 3 is 2.00 bits per heavy atom. The summed E-state index contributed by atoms with van der Waals surface area (Å²) in [5.41, 5.74) is -0.0420. The third kappa shape index (κ3) is 3.40. The van der Waals surface area contributed by atoms with Gasteiger partial charge < -0.3 is 19.1 Å². The molecule has 0 atom stereocenters. The highest BCUT2D eigenvalue weighted by molar-refractivity contribution is 5.68. The summed E-state index contributed by atoms with van der Waals surface area (Å²) in [6.45, 7) is 8.83. The number of ether oxygens (including phenoxy) is 3. The van der Waals surface area contributed by atoms with E-state index >= 15 is 0 Å². The van der Waals surface area contributed by atoms with Crippen LogP contribution in [0.1, 0.15) is 59.3 Å². The number of rotatable bonds is 0. The zero-order valence-electron chi connectivity index (χ0n) is 14.2. The number of nitrogens with zero attached hydrogens (tertiary/aromatic N) is 1. The minimum Gasteiger partial charge on any atom is -0.444 e. The summed E-state index contributed by atoms with van der Waals surface area (Å²) >= 11 is 0. The van der Waals surface area contributed by atoms with Crippen molar-refractivity contribution in [2.24, 2.45) is 5.41 Å². The van der Waals surface area contributed by atoms with Crippen molar-refractivity contribution in [3.8, 4) is 0 Å². The van der Waals surface area contributed by atoms with E-state index in [4.69, 9.17) is 14.2 Å². The highest BCUT2D eigenvalue weighted by Crippen LogP contribution is 2.49. The first-order valence-corrected chi connectivity index (χ1v) is 8.58. The van der Waals surface area contributed by atoms with Crippen molar-refractivity contribution in [3.05, 3.63) is 0 Å². The van der Waals surface area contributed by atoms with E-state index in [1.165, 1.54) is 0 Å². The topological polar surface area (TPSA) is 48.0 Å². The van der Waals surface area contributed by atoms with Gasteiger partial charge in [0.05, 0.1) is 13.2 Å². The fourth-order valence-corrected chi connectivity index (χ4v) is 3.94. The predicted molar refractivity (Wildman–Crippen MR) is 82.6 cm³/mol. The first kappa shape index (κ1) is 16.1. The zero-order valence-corrected chi connectivity index (χ0v) is 14.2. The first-order valence-electron chi connectivity index (χ1n) is 8.58. The van der Waals surface area contributed by atoms with Crippen molar-refractivity contribution in [2.45, 2.75) is 70.7 Å². The molecule has 5 heteroatoms. The molecule has 0 aromatic rings. The van der Waals surface area contributed by atoms with Crippen LogP contribution in [0.3, 0.4) is 0 Å². The molecule has 3 fully saturated rings. The number of carbonyl (C=O) groups is 1. The van der Waals surface area contributed by atoms with E-state index in [0.29, 0.717) is 5.41 Å². The van der Waals surface area contributed by atoms with Crippen LogP contribution >= 0.6 is 0 Å². The molecule has 1 aliphatic carbocycles. The Hall–Kier alpha value is -0.810. The summed E-state index contributed by atoms with van der Waals surface area (Å²) in [5, 5.41) is 0. The van der Waals surface area contributed by atoms with Gasteiger partial charge in [0.15, 0.2) is 5.79 Å². The van der Waals surface area contributed by atoms with Crippen LogP contribution in [0.15, 0.2) is 0 Å². The van der Waals surface area contributed by atoms with Crippen LogP contribution in [0.2, 0.25) is 0 Å². The Labute approximate surface area is 133 Å². The fraction of sp³-hybridized carbons (Fsp3) is 0.941. The standard InChI is InChI=1S/C17H29NO4/c1-15(2,3)22-14(19)18-10-8-16(9-11-18)4-6-17(7-5-16)20-12-13-21-17/h4-13H2,1-3H3. The van der Waals surface area contributed by atoms with Crippen molar-refractivity contribution >= 4 is 6.09 Å². The lowest BCUT2D eigenvalue weighted by Crippen LogP contribution is -2.48. The maximum atomic E-state index is 12.2. The normalized spacial score (nSPS) is 27.3. The largest absolute Gasteiger partial charge is 0.444 e. The number of hydrogen-bond acceptors (Lipinski definition) is 4. The Bertz CT molecular complexity index is 403. The van der Waals surface area contributed by atoms with Crippen LogP contribution < -0.4 is 0 Å². The summed E-state index contributed by atoms with van der Waals surface area (Å²) in [6, 6.07) is 0. The maximum absolute atomic E-state index is 12.2. The van der Waals surface area contributed by atoms with E-state index in [0.717, 1.165) is 64.8 Å². The molecule has 5 nitrogen and oxygen atoms in total. The van der Waals surface area contributed by atoms with Gasteiger partial charge in [-0.2, -0.15) is 0 Å². The molecule has 1 amide bonds. The molecule has 0 unspecified atom stereocenters. The van der Waals surface area contributed by atoms with E-state index in [-0.39, 0.29) is 11.9 Å². The quantitative estimate of drug-likeness (QED) is 0.688. The fourth-order valence-electron chi connectivity index (χ4n) is 3.94. The average Bonchev–Trinajstić information content (AvgIpc) is 2.90. The highest BCUT2D eigenvalue weighted by atomic mass is 16.7. The van der Waals surface area contributed by atoms with Crippen molar-refractivity contribution in [1.29, 1.82) is 0 Å². The SMILES string of the molecule is CC(C)(C)OC(=O)N1CCC2(CC1)CCC1(CC2)OCCO1. The van der Waals surface area contributed by atoms with Gasteiger partial charge in [0.1, 0.15) is 5.60 Å². The molecule has 3 aliphatic rings. The van der Waals surface area contributed by atoms with E-state index < -0.39 is 5.60 Å². The van der Waals surface area contributed by atoms with Crippen LogP contribution in [0.4, 0.5) is 4.79 Å². The number of amides is 1. The molecule has 0 bridgehead atoms. The van der Waals surface area contributed by atoms with Gasteiger partial charge in [-0.3, -0.25) is 0 Å². The zero-order chi connectivity index (χ0) is 15.8. The van der Waals surface area contributed by atoms with Gasteiger partial charge in [-0.15, -0.1) is 0 Å². The molecule has 0 aromatic heterocycles. The highest BCUT2D eigenvalue weighted by Gasteiger charge is 2.47. The smallest absolute Gasteiger partial charge is 0.410 e. The minimum absolute atomic E-state index is 0.169. The number of likely N-dealkylation sites (tertiary alicyclic amines) is 1. The summed E-state index contributed by atoms with van der Waals surface area (Å²) in [4.78, 5) is 14.0. The molecule has 2 saturated heterocycles. The lowest BCUT2D eigenvalue weighted by atomic mass is 9.66. The molecule has 0 radical (unpaired) electrons. The summed E-state index contributed by atoms with van der Waals surface area (Å²) in [7, 11) is 0. The van der Waals surface area contributed by atoms with Crippen molar-refractivity contribution in [3.63, 3.8) is 0 Å². The molecular formula is C17H29NO4. The lowest BCUT2D eigenvalue weighted by Gasteiger charge is -2.48. The predicted octanol–water partition coefficient (Wildman–Crippen LogP) is 3.32.